The van der Waals surface area contributed by atoms with Gasteiger partial charge in [0.25, 0.3) is 5.91 Å². The van der Waals surface area contributed by atoms with Crippen molar-refractivity contribution in [1.82, 2.24) is 0 Å². The summed E-state index contributed by atoms with van der Waals surface area (Å²) in [6.45, 7) is 3.46. The number of carbonyl (C=O) groups is 1. The molecule has 0 aliphatic carbocycles. The zero-order valence-electron chi connectivity index (χ0n) is 12.0. The van der Waals surface area contributed by atoms with Gasteiger partial charge in [-0.15, -0.1) is 0 Å². The summed E-state index contributed by atoms with van der Waals surface area (Å²) in [6.07, 6.45) is -0.863. The first-order valence-corrected chi connectivity index (χ1v) is 7.35. The number of anilines is 1. The van der Waals surface area contributed by atoms with E-state index >= 15 is 0 Å². The Kier molecular flexibility index (Phi) is 5.13. The predicted molar refractivity (Wildman–Crippen MR) is 84.0 cm³/mol. The molecule has 0 fully saturated rings. The molecule has 0 radical (unpaired) electrons. The van der Waals surface area contributed by atoms with Crippen molar-refractivity contribution in [2.75, 3.05) is 5.32 Å². The zero-order valence-corrected chi connectivity index (χ0v) is 13.6. The molecule has 116 valence electrons. The van der Waals surface area contributed by atoms with E-state index in [-0.39, 0.29) is 5.75 Å². The number of nitrogens with one attached hydrogen (secondary N) is 1. The van der Waals surface area contributed by atoms with Crippen LogP contribution in [-0.4, -0.2) is 12.0 Å². The van der Waals surface area contributed by atoms with Crippen LogP contribution in [-0.2, 0) is 4.79 Å². The summed E-state index contributed by atoms with van der Waals surface area (Å²) in [7, 11) is 0. The summed E-state index contributed by atoms with van der Waals surface area (Å²) in [5.41, 5.74) is 1.66. The highest BCUT2D eigenvalue weighted by Crippen LogP contribution is 2.24. The Labute approximate surface area is 135 Å². The van der Waals surface area contributed by atoms with Crippen LogP contribution in [0, 0.1) is 18.6 Å². The minimum atomic E-state index is -1.02. The van der Waals surface area contributed by atoms with Gasteiger partial charge in [-0.2, -0.15) is 0 Å². The van der Waals surface area contributed by atoms with Gasteiger partial charge >= 0.3 is 0 Å². The van der Waals surface area contributed by atoms with Crippen LogP contribution in [0.15, 0.2) is 40.9 Å². The lowest BCUT2D eigenvalue weighted by atomic mass is 10.2. The first-order valence-electron chi connectivity index (χ1n) is 6.55. The monoisotopic (exact) mass is 369 g/mol. The molecule has 0 aromatic heterocycles. The summed E-state index contributed by atoms with van der Waals surface area (Å²) >= 11 is 3.36. The topological polar surface area (TPSA) is 38.3 Å². The number of carbonyl (C=O) groups excluding carboxylic acids is 1. The van der Waals surface area contributed by atoms with Crippen LogP contribution in [0.1, 0.15) is 12.5 Å². The summed E-state index contributed by atoms with van der Waals surface area (Å²) in [6, 6.07) is 8.62. The van der Waals surface area contributed by atoms with Crippen molar-refractivity contribution in [2.45, 2.75) is 20.0 Å². The van der Waals surface area contributed by atoms with E-state index in [0.29, 0.717) is 5.69 Å². The van der Waals surface area contributed by atoms with E-state index in [1.165, 1.54) is 13.0 Å². The highest BCUT2D eigenvalue weighted by atomic mass is 79.9. The number of benzene rings is 2. The first kappa shape index (κ1) is 16.4. The molecule has 6 heteroatoms. The maximum absolute atomic E-state index is 13.1. The Morgan fingerprint density at radius 2 is 1.91 bits per heavy atom. The lowest BCUT2D eigenvalue weighted by Crippen LogP contribution is -2.30. The average molecular weight is 370 g/mol. The SMILES string of the molecule is Cc1ccc(NC(=O)C(C)Oc2ccc(F)c(F)c2)c(Br)c1. The van der Waals surface area contributed by atoms with Gasteiger partial charge in [0.05, 0.1) is 5.69 Å². The van der Waals surface area contributed by atoms with E-state index in [0.717, 1.165) is 22.2 Å². The molecular formula is C16H14BrF2NO2. The van der Waals surface area contributed by atoms with Crippen molar-refractivity contribution in [3.05, 3.63) is 58.1 Å². The van der Waals surface area contributed by atoms with E-state index in [9.17, 15) is 13.6 Å². The Morgan fingerprint density at radius 3 is 2.55 bits per heavy atom. The maximum Gasteiger partial charge on any atom is 0.265 e. The molecule has 22 heavy (non-hydrogen) atoms. The number of halogens is 3. The lowest BCUT2D eigenvalue weighted by molar-refractivity contribution is -0.122. The highest BCUT2D eigenvalue weighted by molar-refractivity contribution is 9.10. The zero-order chi connectivity index (χ0) is 16.3. The molecule has 0 bridgehead atoms. The van der Waals surface area contributed by atoms with Crippen molar-refractivity contribution >= 4 is 27.5 Å². The molecule has 2 aromatic carbocycles. The molecular weight excluding hydrogens is 356 g/mol. The van der Waals surface area contributed by atoms with Crippen LogP contribution in [0.5, 0.6) is 5.75 Å². The minimum absolute atomic E-state index is 0.0875. The van der Waals surface area contributed by atoms with Gasteiger partial charge in [0.2, 0.25) is 0 Å². The Bertz CT molecular complexity index is 707. The van der Waals surface area contributed by atoms with Crippen molar-refractivity contribution in [3.63, 3.8) is 0 Å². The molecule has 3 nitrogen and oxygen atoms in total. The highest BCUT2D eigenvalue weighted by Gasteiger charge is 2.16. The summed E-state index contributed by atoms with van der Waals surface area (Å²) < 4.78 is 32.0. The standard InChI is InChI=1S/C16H14BrF2NO2/c1-9-3-6-15(12(17)7-9)20-16(21)10(2)22-11-4-5-13(18)14(19)8-11/h3-8,10H,1-2H3,(H,20,21). The van der Waals surface area contributed by atoms with Crippen LogP contribution in [0.3, 0.4) is 0 Å². The van der Waals surface area contributed by atoms with Gasteiger partial charge in [-0.25, -0.2) is 8.78 Å². The van der Waals surface area contributed by atoms with Gasteiger partial charge in [-0.05, 0) is 59.6 Å². The number of aryl methyl sites for hydroxylation is 1. The number of ether oxygens (including phenoxy) is 1. The largest absolute Gasteiger partial charge is 0.481 e. The number of rotatable bonds is 4. The second kappa shape index (κ2) is 6.87. The summed E-state index contributed by atoms with van der Waals surface area (Å²) in [5.74, 6) is -2.29. The molecule has 0 aliphatic rings. The van der Waals surface area contributed by atoms with Gasteiger partial charge in [-0.1, -0.05) is 6.07 Å². The van der Waals surface area contributed by atoms with Crippen molar-refractivity contribution in [3.8, 4) is 5.75 Å². The van der Waals surface area contributed by atoms with Gasteiger partial charge in [-0.3, -0.25) is 4.79 Å². The van der Waals surface area contributed by atoms with Crippen LogP contribution in [0.4, 0.5) is 14.5 Å². The number of hydrogen-bond acceptors (Lipinski definition) is 2. The fraction of sp³-hybridized carbons (Fsp3) is 0.188. The fourth-order valence-electron chi connectivity index (χ4n) is 1.76. The predicted octanol–water partition coefficient (Wildman–Crippen LogP) is 4.44. The second-order valence-corrected chi connectivity index (χ2v) is 5.66. The third-order valence-corrected chi connectivity index (χ3v) is 3.61. The second-order valence-electron chi connectivity index (χ2n) is 4.81. The fourth-order valence-corrected chi connectivity index (χ4v) is 2.36. The van der Waals surface area contributed by atoms with Crippen molar-refractivity contribution < 1.29 is 18.3 Å². The molecule has 2 aromatic rings. The van der Waals surface area contributed by atoms with Crippen LogP contribution < -0.4 is 10.1 Å². The van der Waals surface area contributed by atoms with Gasteiger partial charge in [0, 0.05) is 10.5 Å². The van der Waals surface area contributed by atoms with Crippen LogP contribution in [0.25, 0.3) is 0 Å². The molecule has 2 rings (SSSR count). The van der Waals surface area contributed by atoms with Crippen molar-refractivity contribution in [2.24, 2.45) is 0 Å². The quantitative estimate of drug-likeness (QED) is 0.864. The smallest absolute Gasteiger partial charge is 0.265 e. The average Bonchev–Trinajstić information content (AvgIpc) is 2.45. The van der Waals surface area contributed by atoms with E-state index in [1.54, 1.807) is 6.07 Å². The van der Waals surface area contributed by atoms with Gasteiger partial charge < -0.3 is 10.1 Å². The molecule has 0 aliphatic heterocycles. The molecule has 1 N–H and O–H groups in total. The van der Waals surface area contributed by atoms with Crippen molar-refractivity contribution in [1.29, 1.82) is 0 Å². The molecule has 0 saturated carbocycles. The summed E-state index contributed by atoms with van der Waals surface area (Å²) in [4.78, 5) is 12.1. The molecule has 1 amide bonds. The molecule has 0 heterocycles. The molecule has 1 atom stereocenters. The molecule has 0 spiro atoms. The lowest BCUT2D eigenvalue weighted by Gasteiger charge is -2.15. The summed E-state index contributed by atoms with van der Waals surface area (Å²) in [5, 5.41) is 2.70. The van der Waals surface area contributed by atoms with E-state index in [4.69, 9.17) is 4.74 Å². The molecule has 0 saturated heterocycles. The van der Waals surface area contributed by atoms with Crippen LogP contribution in [0.2, 0.25) is 0 Å². The van der Waals surface area contributed by atoms with E-state index in [2.05, 4.69) is 21.2 Å². The third kappa shape index (κ3) is 4.04. The Hall–Kier alpha value is -1.95. The number of amides is 1. The minimum Gasteiger partial charge on any atom is -0.481 e. The van der Waals surface area contributed by atoms with Crippen LogP contribution >= 0.6 is 15.9 Å². The maximum atomic E-state index is 13.1. The van der Waals surface area contributed by atoms with E-state index < -0.39 is 23.6 Å². The normalized spacial score (nSPS) is 11.9. The number of hydrogen-bond donors (Lipinski definition) is 1. The Morgan fingerprint density at radius 1 is 1.18 bits per heavy atom. The Balaban J connectivity index is 2.04. The van der Waals surface area contributed by atoms with Gasteiger partial charge in [0.1, 0.15) is 5.75 Å². The van der Waals surface area contributed by atoms with E-state index in [1.807, 2.05) is 19.1 Å². The first-order chi connectivity index (χ1) is 10.4. The van der Waals surface area contributed by atoms with Gasteiger partial charge in [0.15, 0.2) is 17.7 Å². The molecule has 1 unspecified atom stereocenters. The third-order valence-electron chi connectivity index (χ3n) is 2.96.